The normalized spacial score (nSPS) is 9.83. The van der Waals surface area contributed by atoms with Gasteiger partial charge in [0, 0.05) is 13.0 Å². The third-order valence-electron chi connectivity index (χ3n) is 2.26. The lowest BCUT2D eigenvalue weighted by atomic mass is 10.1. The molecule has 96 valence electrons. The van der Waals surface area contributed by atoms with Gasteiger partial charge in [0.2, 0.25) is 0 Å². The molecule has 1 aromatic rings. The summed E-state index contributed by atoms with van der Waals surface area (Å²) in [7, 11) is 0. The maximum Gasteiger partial charge on any atom is 0.360 e. The van der Waals surface area contributed by atoms with Crippen molar-refractivity contribution in [3.63, 3.8) is 0 Å². The summed E-state index contributed by atoms with van der Waals surface area (Å²) in [6, 6.07) is 9.02. The van der Waals surface area contributed by atoms with Crippen LogP contribution in [-0.4, -0.2) is 29.2 Å². The molecule has 0 spiro atoms. The number of carbonyl (C=O) groups excluding carboxylic acids is 2. The number of benzene rings is 1. The van der Waals surface area contributed by atoms with Crippen molar-refractivity contribution in [2.24, 2.45) is 0 Å². The summed E-state index contributed by atoms with van der Waals surface area (Å²) in [6.45, 7) is -0.104. The van der Waals surface area contributed by atoms with Gasteiger partial charge in [-0.25, -0.2) is 4.79 Å². The van der Waals surface area contributed by atoms with Gasteiger partial charge in [-0.3, -0.25) is 10.2 Å². The first-order chi connectivity index (χ1) is 8.65. The van der Waals surface area contributed by atoms with Gasteiger partial charge in [0.05, 0.1) is 0 Å². The number of aliphatic hydroxyl groups excluding tert-OH is 1. The fourth-order valence-electron chi connectivity index (χ4n) is 1.27. The second kappa shape index (κ2) is 7.34. The van der Waals surface area contributed by atoms with E-state index in [2.05, 4.69) is 0 Å². The molecule has 0 bridgehead atoms. The van der Waals surface area contributed by atoms with Crippen LogP contribution in [0.1, 0.15) is 18.4 Å². The average molecular weight is 249 g/mol. The lowest BCUT2D eigenvalue weighted by Crippen LogP contribution is -2.25. The highest BCUT2D eigenvalue weighted by atomic mass is 16.5. The Morgan fingerprint density at radius 2 is 1.89 bits per heavy atom. The Labute approximate surface area is 105 Å². The first-order valence-electron chi connectivity index (χ1n) is 5.59. The van der Waals surface area contributed by atoms with Gasteiger partial charge < -0.3 is 9.84 Å². The molecule has 5 nitrogen and oxygen atoms in total. The topological polar surface area (TPSA) is 87.5 Å². The summed E-state index contributed by atoms with van der Waals surface area (Å²) in [5, 5.41) is 15.9. The molecule has 2 N–H and O–H groups in total. The Kier molecular flexibility index (Phi) is 5.73. The minimum Gasteiger partial charge on any atom is -0.456 e. The molecule has 0 saturated carbocycles. The highest BCUT2D eigenvalue weighted by molar-refractivity contribution is 6.63. The van der Waals surface area contributed by atoms with Gasteiger partial charge in [-0.15, -0.1) is 0 Å². The van der Waals surface area contributed by atoms with Crippen molar-refractivity contribution in [2.45, 2.75) is 19.4 Å². The lowest BCUT2D eigenvalue weighted by Gasteiger charge is -2.05. The van der Waals surface area contributed by atoms with Crippen LogP contribution in [0.25, 0.3) is 0 Å². The third kappa shape index (κ3) is 4.47. The van der Waals surface area contributed by atoms with E-state index < -0.39 is 17.5 Å². The van der Waals surface area contributed by atoms with Gasteiger partial charge in [0.25, 0.3) is 0 Å². The quantitative estimate of drug-likeness (QED) is 0.430. The molecule has 1 aromatic carbocycles. The Morgan fingerprint density at radius 1 is 1.22 bits per heavy atom. The summed E-state index contributed by atoms with van der Waals surface area (Å²) < 4.78 is 4.84. The van der Waals surface area contributed by atoms with Crippen LogP contribution in [0, 0.1) is 5.41 Å². The molecule has 0 aliphatic rings. The maximum absolute atomic E-state index is 11.4. The molecule has 0 aromatic heterocycles. The predicted octanol–water partition coefficient (Wildman–Crippen LogP) is 1.09. The van der Waals surface area contributed by atoms with Crippen molar-refractivity contribution in [3.05, 3.63) is 35.9 Å². The molecule has 0 fully saturated rings. The number of Topliss-reactive ketones (excluding diaryl/α,β-unsaturated/α-hetero) is 1. The maximum atomic E-state index is 11.4. The van der Waals surface area contributed by atoms with Crippen LogP contribution in [0.2, 0.25) is 0 Å². The number of esters is 1. The molecular formula is C13H15NO4. The number of rotatable bonds is 7. The van der Waals surface area contributed by atoms with Crippen LogP contribution >= 0.6 is 0 Å². The number of nitrogens with one attached hydrogen (secondary N) is 1. The van der Waals surface area contributed by atoms with Gasteiger partial charge in [-0.1, -0.05) is 30.3 Å². The van der Waals surface area contributed by atoms with Crippen LogP contribution in [0.4, 0.5) is 0 Å². The van der Waals surface area contributed by atoms with Crippen molar-refractivity contribution in [2.75, 3.05) is 6.61 Å². The molecule has 0 aliphatic heterocycles. The van der Waals surface area contributed by atoms with Gasteiger partial charge >= 0.3 is 5.97 Å². The van der Waals surface area contributed by atoms with Crippen LogP contribution < -0.4 is 0 Å². The molecule has 18 heavy (non-hydrogen) atoms. The van der Waals surface area contributed by atoms with Crippen molar-refractivity contribution in [3.8, 4) is 0 Å². The number of aliphatic hydroxyl groups is 1. The Hall–Kier alpha value is -2.01. The molecule has 0 saturated heterocycles. The summed E-state index contributed by atoms with van der Waals surface area (Å²) in [5.41, 5.74) is 0.126. The van der Waals surface area contributed by atoms with E-state index in [0.29, 0.717) is 0 Å². The van der Waals surface area contributed by atoms with Crippen molar-refractivity contribution >= 4 is 17.5 Å². The zero-order valence-electron chi connectivity index (χ0n) is 9.89. The van der Waals surface area contributed by atoms with Gasteiger partial charge in [0.1, 0.15) is 6.61 Å². The number of hydrogen-bond acceptors (Lipinski definition) is 5. The third-order valence-corrected chi connectivity index (χ3v) is 2.26. The molecule has 0 radical (unpaired) electrons. The monoisotopic (exact) mass is 249 g/mol. The number of ether oxygens (including phenoxy) is 1. The molecule has 0 unspecified atom stereocenters. The van der Waals surface area contributed by atoms with Gasteiger partial charge in [0.15, 0.2) is 11.5 Å². The summed E-state index contributed by atoms with van der Waals surface area (Å²) in [4.78, 5) is 22.7. The Bertz CT molecular complexity index is 428. The molecule has 0 aliphatic carbocycles. The smallest absolute Gasteiger partial charge is 0.360 e. The van der Waals surface area contributed by atoms with Gasteiger partial charge in [-0.05, 0) is 12.0 Å². The number of carbonyl (C=O) groups is 2. The molecule has 0 heterocycles. The summed E-state index contributed by atoms with van der Waals surface area (Å²) >= 11 is 0. The largest absolute Gasteiger partial charge is 0.456 e. The molecule has 0 atom stereocenters. The molecule has 5 heteroatoms. The Morgan fingerprint density at radius 3 is 2.50 bits per heavy atom. The van der Waals surface area contributed by atoms with E-state index >= 15 is 0 Å². The minimum absolute atomic E-state index is 0.0181. The van der Waals surface area contributed by atoms with E-state index in [4.69, 9.17) is 15.3 Å². The highest BCUT2D eigenvalue weighted by Gasteiger charge is 2.19. The van der Waals surface area contributed by atoms with Crippen molar-refractivity contribution < 1.29 is 19.4 Å². The van der Waals surface area contributed by atoms with E-state index in [1.165, 1.54) is 0 Å². The summed E-state index contributed by atoms with van der Waals surface area (Å²) in [5.74, 6) is -1.54. The van der Waals surface area contributed by atoms with Crippen LogP contribution in [0.5, 0.6) is 0 Å². The predicted molar refractivity (Wildman–Crippen MR) is 65.3 cm³/mol. The summed E-state index contributed by atoms with van der Waals surface area (Å²) in [6.07, 6.45) is 0.225. The second-order valence-electron chi connectivity index (χ2n) is 3.69. The van der Waals surface area contributed by atoms with E-state index in [1.54, 1.807) is 24.3 Å². The van der Waals surface area contributed by atoms with E-state index in [-0.39, 0.29) is 26.1 Å². The molecular weight excluding hydrogens is 234 g/mol. The van der Waals surface area contributed by atoms with Crippen LogP contribution in [-0.2, 0) is 20.9 Å². The first-order valence-corrected chi connectivity index (χ1v) is 5.59. The van der Waals surface area contributed by atoms with Crippen molar-refractivity contribution in [1.82, 2.24) is 0 Å². The van der Waals surface area contributed by atoms with Crippen molar-refractivity contribution in [1.29, 1.82) is 5.41 Å². The van der Waals surface area contributed by atoms with E-state index in [1.807, 2.05) is 6.07 Å². The highest BCUT2D eigenvalue weighted by Crippen LogP contribution is 2.02. The lowest BCUT2D eigenvalue weighted by molar-refractivity contribution is -0.137. The second-order valence-corrected chi connectivity index (χ2v) is 3.69. The first kappa shape index (κ1) is 14.1. The standard InChI is InChI=1S/C13H15NO4/c14-12(11(16)7-4-8-15)13(17)18-9-10-5-2-1-3-6-10/h1-3,5-6,14-15H,4,7-9H2. The molecule has 0 amide bonds. The molecule has 1 rings (SSSR count). The minimum atomic E-state index is -0.929. The van der Waals surface area contributed by atoms with Crippen LogP contribution in [0.3, 0.4) is 0 Å². The van der Waals surface area contributed by atoms with E-state index in [9.17, 15) is 9.59 Å². The van der Waals surface area contributed by atoms with Crippen LogP contribution in [0.15, 0.2) is 30.3 Å². The SMILES string of the molecule is N=C(C(=O)CCCO)C(=O)OCc1ccccc1. The fraction of sp³-hybridized carbons (Fsp3) is 0.308. The van der Waals surface area contributed by atoms with E-state index in [0.717, 1.165) is 5.56 Å². The Balaban J connectivity index is 2.41. The zero-order chi connectivity index (χ0) is 13.4. The zero-order valence-corrected chi connectivity index (χ0v) is 9.89. The van der Waals surface area contributed by atoms with Gasteiger partial charge in [-0.2, -0.15) is 0 Å². The number of hydrogen-bond donors (Lipinski definition) is 2. The number of ketones is 1. The average Bonchev–Trinajstić information content (AvgIpc) is 2.42. The fourth-order valence-corrected chi connectivity index (χ4v) is 1.27.